The number of carbonyl (C=O) groups is 1. The van der Waals surface area contributed by atoms with Gasteiger partial charge in [0.05, 0.1) is 23.8 Å². The smallest absolute Gasteiger partial charge is 0.254 e. The zero-order chi connectivity index (χ0) is 21.4. The third-order valence-corrected chi connectivity index (χ3v) is 6.77. The van der Waals surface area contributed by atoms with Crippen LogP contribution in [0, 0.1) is 22.6 Å². The monoisotopic (exact) mass is 415 g/mol. The van der Waals surface area contributed by atoms with Crippen LogP contribution in [0.5, 0.6) is 0 Å². The lowest BCUT2D eigenvalue weighted by atomic mass is 9.63. The lowest BCUT2D eigenvalue weighted by molar-refractivity contribution is -0.201. The lowest BCUT2D eigenvalue weighted by Gasteiger charge is -2.51. The first-order chi connectivity index (χ1) is 15.1. The summed E-state index contributed by atoms with van der Waals surface area (Å²) in [6.07, 6.45) is 4.97. The van der Waals surface area contributed by atoms with E-state index in [1.807, 2.05) is 6.07 Å². The molecular weight excluding hydrogens is 393 g/mol. The van der Waals surface area contributed by atoms with Crippen molar-refractivity contribution in [3.05, 3.63) is 71.7 Å². The summed E-state index contributed by atoms with van der Waals surface area (Å²) in [6.45, 7) is 0.594. The Labute approximate surface area is 179 Å². The minimum Gasteiger partial charge on any atom is -0.367 e. The van der Waals surface area contributed by atoms with Crippen LogP contribution in [0.2, 0.25) is 0 Å². The number of nitriles is 1. The minimum atomic E-state index is -0.462. The zero-order valence-electron chi connectivity index (χ0n) is 17.0. The number of nitrogens with one attached hydrogen (secondary N) is 1. The second kappa shape index (κ2) is 7.75. The topological polar surface area (TPSA) is 75.0 Å². The third-order valence-electron chi connectivity index (χ3n) is 6.77. The van der Waals surface area contributed by atoms with Crippen molar-refractivity contribution >= 4 is 22.5 Å². The molecule has 1 aliphatic heterocycles. The van der Waals surface area contributed by atoms with Crippen LogP contribution >= 0.6 is 0 Å². The number of nitrogens with zero attached hydrogens (tertiary/aromatic N) is 2. The fraction of sp³-hybridized carbons (Fsp3) is 0.320. The van der Waals surface area contributed by atoms with Gasteiger partial charge in [-0.15, -0.1) is 0 Å². The molecule has 1 spiro atoms. The maximum atomic E-state index is 13.8. The van der Waals surface area contributed by atoms with Crippen molar-refractivity contribution in [1.29, 1.82) is 5.26 Å². The predicted octanol–water partition coefficient (Wildman–Crippen LogP) is 4.93. The van der Waals surface area contributed by atoms with E-state index in [-0.39, 0.29) is 17.1 Å². The van der Waals surface area contributed by atoms with Crippen molar-refractivity contribution in [3.8, 4) is 6.07 Å². The van der Waals surface area contributed by atoms with Gasteiger partial charge in [-0.3, -0.25) is 9.78 Å². The lowest BCUT2D eigenvalue weighted by Crippen LogP contribution is -2.58. The normalized spacial score (nSPS) is 25.0. The molecule has 3 aromatic rings. The van der Waals surface area contributed by atoms with Crippen LogP contribution in [0.15, 0.2) is 54.7 Å². The number of fused-ring (bicyclic) bond motifs is 1. The number of anilines is 1. The number of ether oxygens (including phenoxy) is 1. The summed E-state index contributed by atoms with van der Waals surface area (Å²) < 4.78 is 19.5. The van der Waals surface area contributed by atoms with E-state index in [9.17, 15) is 9.18 Å². The maximum Gasteiger partial charge on any atom is 0.254 e. The van der Waals surface area contributed by atoms with Gasteiger partial charge >= 0.3 is 0 Å². The fourth-order valence-electron chi connectivity index (χ4n) is 5.00. The van der Waals surface area contributed by atoms with Gasteiger partial charge in [0.1, 0.15) is 11.9 Å². The van der Waals surface area contributed by atoms with Gasteiger partial charge in [0.15, 0.2) is 0 Å². The molecule has 2 fully saturated rings. The first kappa shape index (κ1) is 19.7. The fourth-order valence-corrected chi connectivity index (χ4v) is 5.00. The highest BCUT2D eigenvalue weighted by Gasteiger charge is 2.53. The van der Waals surface area contributed by atoms with Crippen LogP contribution in [-0.4, -0.2) is 23.6 Å². The average molecular weight is 415 g/mol. The Bertz CT molecular complexity index is 1180. The maximum absolute atomic E-state index is 13.8. The Morgan fingerprint density at radius 1 is 1.16 bits per heavy atom. The quantitative estimate of drug-likeness (QED) is 0.658. The van der Waals surface area contributed by atoms with Crippen molar-refractivity contribution in [2.45, 2.75) is 37.7 Å². The Balaban J connectivity index is 1.28. The van der Waals surface area contributed by atoms with Crippen molar-refractivity contribution in [1.82, 2.24) is 4.98 Å². The van der Waals surface area contributed by atoms with E-state index < -0.39 is 6.10 Å². The van der Waals surface area contributed by atoms with E-state index >= 15 is 0 Å². The number of hydrogen-bond acceptors (Lipinski definition) is 4. The summed E-state index contributed by atoms with van der Waals surface area (Å²) in [6, 6.07) is 15.6. The number of aromatic nitrogens is 1. The molecule has 0 radical (unpaired) electrons. The van der Waals surface area contributed by atoms with E-state index in [0.717, 1.165) is 42.1 Å². The molecule has 1 atom stereocenters. The molecule has 5 rings (SSSR count). The van der Waals surface area contributed by atoms with Crippen molar-refractivity contribution in [3.63, 3.8) is 0 Å². The standard InChI is InChI=1S/C25H22FN3O2/c26-18-3-6-22-21(13-18)20(9-12-28-22)17-7-10-25(11-8-17)15-31-23(25)24(30)29-19-4-1-16(14-27)2-5-19/h1-6,9,12-13,17,23H,7-8,10-11,15H2,(H,29,30). The van der Waals surface area contributed by atoms with Crippen LogP contribution in [0.4, 0.5) is 10.1 Å². The van der Waals surface area contributed by atoms with E-state index in [2.05, 4.69) is 16.4 Å². The number of rotatable bonds is 3. The molecule has 1 aromatic heterocycles. The molecule has 1 N–H and O–H groups in total. The highest BCUT2D eigenvalue weighted by molar-refractivity contribution is 5.95. The van der Waals surface area contributed by atoms with Crippen LogP contribution in [0.25, 0.3) is 10.9 Å². The largest absolute Gasteiger partial charge is 0.367 e. The predicted molar refractivity (Wildman–Crippen MR) is 115 cm³/mol. The first-order valence-electron chi connectivity index (χ1n) is 10.5. The molecular formula is C25H22FN3O2. The molecule has 0 bridgehead atoms. The molecule has 1 aliphatic carbocycles. The Morgan fingerprint density at radius 3 is 2.61 bits per heavy atom. The van der Waals surface area contributed by atoms with Gasteiger partial charge in [0, 0.05) is 22.7 Å². The van der Waals surface area contributed by atoms with Crippen LogP contribution in [0.3, 0.4) is 0 Å². The number of hydrogen-bond donors (Lipinski definition) is 1. The number of benzene rings is 2. The molecule has 2 aromatic carbocycles. The summed E-state index contributed by atoms with van der Waals surface area (Å²) in [5.41, 5.74) is 3.02. The Morgan fingerprint density at radius 2 is 1.94 bits per heavy atom. The van der Waals surface area contributed by atoms with Gasteiger partial charge in [-0.25, -0.2) is 4.39 Å². The SMILES string of the molecule is N#Cc1ccc(NC(=O)C2OCC23CCC(c2ccnc4ccc(F)cc24)CC3)cc1. The first-order valence-corrected chi connectivity index (χ1v) is 10.5. The van der Waals surface area contributed by atoms with Crippen molar-refractivity contribution in [2.24, 2.45) is 5.41 Å². The molecule has 2 aliphatic rings. The second-order valence-corrected chi connectivity index (χ2v) is 8.57. The summed E-state index contributed by atoms with van der Waals surface area (Å²) in [7, 11) is 0. The van der Waals surface area contributed by atoms with Gasteiger partial charge in [0.25, 0.3) is 5.91 Å². The Kier molecular flexibility index (Phi) is 4.91. The van der Waals surface area contributed by atoms with Crippen LogP contribution in [0.1, 0.15) is 42.7 Å². The van der Waals surface area contributed by atoms with E-state index in [0.29, 0.717) is 23.8 Å². The summed E-state index contributed by atoms with van der Waals surface area (Å²) in [5, 5.41) is 12.7. The molecule has 2 heterocycles. The van der Waals surface area contributed by atoms with Crippen LogP contribution < -0.4 is 5.32 Å². The van der Waals surface area contributed by atoms with Crippen molar-refractivity contribution < 1.29 is 13.9 Å². The van der Waals surface area contributed by atoms with Gasteiger partial charge in [0.2, 0.25) is 0 Å². The number of pyridine rings is 1. The third kappa shape index (κ3) is 3.55. The molecule has 156 valence electrons. The number of halogens is 1. The van der Waals surface area contributed by atoms with Gasteiger partial charge in [-0.1, -0.05) is 0 Å². The molecule has 1 unspecified atom stereocenters. The highest BCUT2D eigenvalue weighted by Crippen LogP contribution is 2.51. The minimum absolute atomic E-state index is 0.133. The average Bonchev–Trinajstić information content (AvgIpc) is 2.78. The van der Waals surface area contributed by atoms with E-state index in [1.54, 1.807) is 42.6 Å². The molecule has 31 heavy (non-hydrogen) atoms. The van der Waals surface area contributed by atoms with Crippen molar-refractivity contribution in [2.75, 3.05) is 11.9 Å². The molecule has 1 saturated carbocycles. The summed E-state index contributed by atoms with van der Waals surface area (Å²) in [5.74, 6) is -0.0624. The van der Waals surface area contributed by atoms with Gasteiger partial charge in [-0.05, 0) is 85.7 Å². The number of carbonyl (C=O) groups excluding carboxylic acids is 1. The summed E-state index contributed by atoms with van der Waals surface area (Å²) >= 11 is 0. The van der Waals surface area contributed by atoms with Gasteiger partial charge in [-0.2, -0.15) is 5.26 Å². The molecule has 1 saturated heterocycles. The number of amides is 1. The molecule has 1 amide bonds. The highest BCUT2D eigenvalue weighted by atomic mass is 19.1. The van der Waals surface area contributed by atoms with Crippen LogP contribution in [-0.2, 0) is 9.53 Å². The van der Waals surface area contributed by atoms with E-state index in [1.165, 1.54) is 6.07 Å². The molecule has 6 heteroatoms. The van der Waals surface area contributed by atoms with Gasteiger partial charge < -0.3 is 10.1 Å². The second-order valence-electron chi connectivity index (χ2n) is 8.57. The zero-order valence-corrected chi connectivity index (χ0v) is 17.0. The Hall–Kier alpha value is -3.30. The molecule has 5 nitrogen and oxygen atoms in total. The van der Waals surface area contributed by atoms with E-state index in [4.69, 9.17) is 10.00 Å². The summed E-state index contributed by atoms with van der Waals surface area (Å²) in [4.78, 5) is 17.2.